The molecular formula is C12H13F2NO4S. The van der Waals surface area contributed by atoms with Crippen molar-refractivity contribution < 1.29 is 27.1 Å². The number of carbonyl (C=O) groups is 1. The zero-order chi connectivity index (χ0) is 14.9. The van der Waals surface area contributed by atoms with Gasteiger partial charge in [-0.05, 0) is 37.1 Å². The van der Waals surface area contributed by atoms with Gasteiger partial charge in [-0.1, -0.05) is 0 Å². The third-order valence-electron chi connectivity index (χ3n) is 3.02. The zero-order valence-corrected chi connectivity index (χ0v) is 11.2. The molecular weight excluding hydrogens is 292 g/mol. The van der Waals surface area contributed by atoms with Gasteiger partial charge >= 0.3 is 11.7 Å². The predicted octanol–water partition coefficient (Wildman–Crippen LogP) is 1.74. The summed E-state index contributed by atoms with van der Waals surface area (Å²) in [6.07, 6.45) is 1.73. The van der Waals surface area contributed by atoms with E-state index < -0.39 is 26.5 Å². The van der Waals surface area contributed by atoms with E-state index in [1.165, 1.54) is 12.1 Å². The Morgan fingerprint density at radius 3 is 2.25 bits per heavy atom. The molecule has 0 amide bonds. The van der Waals surface area contributed by atoms with Crippen LogP contribution in [0.25, 0.3) is 0 Å². The molecule has 1 aromatic rings. The average molecular weight is 305 g/mol. The number of alkyl halides is 2. The molecule has 0 bridgehead atoms. The maximum Gasteiger partial charge on any atom is 0.341 e. The predicted molar refractivity (Wildman–Crippen MR) is 67.6 cm³/mol. The van der Waals surface area contributed by atoms with E-state index in [1.807, 2.05) is 0 Å². The van der Waals surface area contributed by atoms with Crippen LogP contribution in [0.3, 0.4) is 0 Å². The molecule has 8 heteroatoms. The van der Waals surface area contributed by atoms with Gasteiger partial charge in [-0.15, -0.1) is 0 Å². The van der Waals surface area contributed by atoms with Gasteiger partial charge in [0.1, 0.15) is 6.54 Å². The fraction of sp³-hybridized carbons (Fsp3) is 0.417. The first-order valence-corrected chi connectivity index (χ1v) is 7.47. The van der Waals surface area contributed by atoms with Crippen LogP contribution in [0, 0.1) is 0 Å². The van der Waals surface area contributed by atoms with E-state index in [1.54, 1.807) is 4.90 Å². The molecule has 0 saturated heterocycles. The molecule has 1 fully saturated rings. The number of rotatable bonds is 6. The lowest BCUT2D eigenvalue weighted by molar-refractivity contribution is -0.135. The van der Waals surface area contributed by atoms with Crippen molar-refractivity contribution in [1.82, 2.24) is 0 Å². The molecule has 0 aromatic heterocycles. The van der Waals surface area contributed by atoms with Crippen molar-refractivity contribution in [2.24, 2.45) is 0 Å². The summed E-state index contributed by atoms with van der Waals surface area (Å²) in [4.78, 5) is 12.0. The molecule has 0 unspecified atom stereocenters. The van der Waals surface area contributed by atoms with Crippen molar-refractivity contribution in [2.75, 3.05) is 11.4 Å². The van der Waals surface area contributed by atoms with E-state index in [9.17, 15) is 22.0 Å². The first kappa shape index (κ1) is 14.7. The van der Waals surface area contributed by atoms with Gasteiger partial charge in [0.2, 0.25) is 9.84 Å². The molecule has 1 saturated carbocycles. The van der Waals surface area contributed by atoms with Gasteiger partial charge in [-0.2, -0.15) is 8.78 Å². The summed E-state index contributed by atoms with van der Waals surface area (Å²) in [6.45, 7) is -0.203. The smallest absolute Gasteiger partial charge is 0.341 e. The highest BCUT2D eigenvalue weighted by atomic mass is 32.2. The number of nitrogens with zero attached hydrogens (tertiary/aromatic N) is 1. The van der Waals surface area contributed by atoms with Gasteiger partial charge in [-0.3, -0.25) is 4.79 Å². The molecule has 1 N–H and O–H groups in total. The Morgan fingerprint density at radius 2 is 1.85 bits per heavy atom. The first-order valence-electron chi connectivity index (χ1n) is 5.93. The SMILES string of the molecule is O=C(O)CN(c1ccc(S(=O)(=O)C(F)F)cc1)C1CC1. The summed E-state index contributed by atoms with van der Waals surface area (Å²) in [5, 5.41) is 8.84. The molecule has 0 radical (unpaired) electrons. The zero-order valence-electron chi connectivity index (χ0n) is 10.4. The van der Waals surface area contributed by atoms with Gasteiger partial charge in [0.05, 0.1) is 4.90 Å². The van der Waals surface area contributed by atoms with Gasteiger partial charge in [0, 0.05) is 11.7 Å². The third-order valence-corrected chi connectivity index (χ3v) is 4.42. The fourth-order valence-corrected chi connectivity index (χ4v) is 2.61. The van der Waals surface area contributed by atoms with Crippen molar-refractivity contribution in [2.45, 2.75) is 29.5 Å². The van der Waals surface area contributed by atoms with Crippen molar-refractivity contribution in [3.63, 3.8) is 0 Å². The Bertz CT molecular complexity index is 596. The van der Waals surface area contributed by atoms with Crippen LogP contribution in [0.1, 0.15) is 12.8 Å². The number of halogens is 2. The second-order valence-electron chi connectivity index (χ2n) is 4.55. The van der Waals surface area contributed by atoms with E-state index in [4.69, 9.17) is 5.11 Å². The normalized spacial score (nSPS) is 15.3. The van der Waals surface area contributed by atoms with E-state index in [0.717, 1.165) is 25.0 Å². The van der Waals surface area contributed by atoms with Crippen LogP contribution in [-0.4, -0.2) is 37.8 Å². The summed E-state index contributed by atoms with van der Waals surface area (Å²) in [5.74, 6) is -4.46. The fourth-order valence-electron chi connectivity index (χ4n) is 1.89. The maximum atomic E-state index is 12.4. The summed E-state index contributed by atoms with van der Waals surface area (Å²) >= 11 is 0. The molecule has 1 aromatic carbocycles. The number of anilines is 1. The summed E-state index contributed by atoms with van der Waals surface area (Å²) in [7, 11) is -4.62. The molecule has 0 spiro atoms. The molecule has 1 aliphatic carbocycles. The quantitative estimate of drug-likeness (QED) is 0.866. The minimum atomic E-state index is -4.62. The van der Waals surface area contributed by atoms with Crippen LogP contribution in [0.15, 0.2) is 29.2 Å². The van der Waals surface area contributed by atoms with Crippen LogP contribution in [0.4, 0.5) is 14.5 Å². The van der Waals surface area contributed by atoms with E-state index in [2.05, 4.69) is 0 Å². The lowest BCUT2D eigenvalue weighted by atomic mass is 10.3. The number of aliphatic carboxylic acids is 1. The molecule has 0 heterocycles. The van der Waals surface area contributed by atoms with Crippen LogP contribution < -0.4 is 4.90 Å². The van der Waals surface area contributed by atoms with Crippen LogP contribution in [0.2, 0.25) is 0 Å². The number of carboxylic acids is 1. The first-order chi connectivity index (χ1) is 9.32. The molecule has 2 rings (SSSR count). The van der Waals surface area contributed by atoms with Crippen molar-refractivity contribution in [3.05, 3.63) is 24.3 Å². The molecule has 5 nitrogen and oxygen atoms in total. The number of benzene rings is 1. The summed E-state index contributed by atoms with van der Waals surface area (Å²) in [6, 6.07) is 4.98. The molecule has 0 atom stereocenters. The lowest BCUT2D eigenvalue weighted by Gasteiger charge is -2.22. The minimum absolute atomic E-state index is 0.114. The maximum absolute atomic E-state index is 12.4. The lowest BCUT2D eigenvalue weighted by Crippen LogP contribution is -2.31. The van der Waals surface area contributed by atoms with E-state index in [0.29, 0.717) is 5.69 Å². The van der Waals surface area contributed by atoms with Crippen molar-refractivity contribution in [1.29, 1.82) is 0 Å². The molecule has 1 aliphatic rings. The Morgan fingerprint density at radius 1 is 1.30 bits per heavy atom. The molecule has 0 aliphatic heterocycles. The Labute approximate surface area is 114 Å². The van der Waals surface area contributed by atoms with Gasteiger partial charge in [-0.25, -0.2) is 8.42 Å². The average Bonchev–Trinajstić information content (AvgIpc) is 3.20. The third kappa shape index (κ3) is 3.06. The topological polar surface area (TPSA) is 74.7 Å². The minimum Gasteiger partial charge on any atom is -0.480 e. The van der Waals surface area contributed by atoms with Gasteiger partial charge in [0.25, 0.3) is 0 Å². The Hall–Kier alpha value is -1.70. The van der Waals surface area contributed by atoms with Gasteiger partial charge < -0.3 is 10.0 Å². The summed E-state index contributed by atoms with van der Waals surface area (Å²) in [5.41, 5.74) is 0.517. The second-order valence-corrected chi connectivity index (χ2v) is 6.47. The molecule has 20 heavy (non-hydrogen) atoms. The second kappa shape index (κ2) is 5.35. The largest absolute Gasteiger partial charge is 0.480 e. The van der Waals surface area contributed by atoms with Crippen LogP contribution in [0.5, 0.6) is 0 Å². The molecule has 110 valence electrons. The number of sulfone groups is 1. The number of hydrogen-bond acceptors (Lipinski definition) is 4. The summed E-state index contributed by atoms with van der Waals surface area (Å²) < 4.78 is 47.3. The highest BCUT2D eigenvalue weighted by molar-refractivity contribution is 7.91. The van der Waals surface area contributed by atoms with E-state index >= 15 is 0 Å². The van der Waals surface area contributed by atoms with Crippen molar-refractivity contribution >= 4 is 21.5 Å². The Kier molecular flexibility index (Phi) is 3.94. The monoisotopic (exact) mass is 305 g/mol. The van der Waals surface area contributed by atoms with Crippen LogP contribution >= 0.6 is 0 Å². The van der Waals surface area contributed by atoms with Gasteiger partial charge in [0.15, 0.2) is 0 Å². The van der Waals surface area contributed by atoms with E-state index in [-0.39, 0.29) is 12.6 Å². The number of carboxylic acid groups (broad SMARTS) is 1. The number of hydrogen-bond donors (Lipinski definition) is 1. The Balaban J connectivity index is 2.25. The highest BCUT2D eigenvalue weighted by Crippen LogP contribution is 2.32. The highest BCUT2D eigenvalue weighted by Gasteiger charge is 2.31. The standard InChI is InChI=1S/C12H13F2NO4S/c13-12(14)20(18,19)10-5-3-9(4-6-10)15(7-11(16)17)8-1-2-8/h3-6,8,12H,1-2,7H2,(H,16,17). The van der Waals surface area contributed by atoms with Crippen LogP contribution in [-0.2, 0) is 14.6 Å². The van der Waals surface area contributed by atoms with Crippen molar-refractivity contribution in [3.8, 4) is 0 Å².